The second-order valence-electron chi connectivity index (χ2n) is 3.53. The van der Waals surface area contributed by atoms with Crippen LogP contribution in [0.25, 0.3) is 5.65 Å². The molecule has 0 unspecified atom stereocenters. The first-order valence-electron chi connectivity index (χ1n) is 4.94. The molecule has 0 saturated carbocycles. The van der Waals surface area contributed by atoms with E-state index in [9.17, 15) is 0 Å². The van der Waals surface area contributed by atoms with Gasteiger partial charge >= 0.3 is 0 Å². The first-order chi connectivity index (χ1) is 7.84. The molecule has 0 aliphatic rings. The lowest BCUT2D eigenvalue weighted by atomic mass is 10.2. The van der Waals surface area contributed by atoms with E-state index in [2.05, 4.69) is 10.1 Å². The van der Waals surface area contributed by atoms with Crippen molar-refractivity contribution >= 4 is 11.5 Å². The standard InChI is InChI=1S/C11H10N4O/c12-10-3-4-13-11-8(7-14-15(10)11)6-9-2-1-5-16-9/h1-5,7H,6,12H2. The number of hydrogen-bond acceptors (Lipinski definition) is 4. The van der Waals surface area contributed by atoms with Crippen LogP contribution in [0.3, 0.4) is 0 Å². The summed E-state index contributed by atoms with van der Waals surface area (Å²) in [6.07, 6.45) is 5.77. The summed E-state index contributed by atoms with van der Waals surface area (Å²) in [7, 11) is 0. The van der Waals surface area contributed by atoms with Crippen molar-refractivity contribution in [2.24, 2.45) is 0 Å². The summed E-state index contributed by atoms with van der Waals surface area (Å²) in [5.41, 5.74) is 7.56. The van der Waals surface area contributed by atoms with Crippen molar-refractivity contribution < 1.29 is 4.42 Å². The SMILES string of the molecule is Nc1ccnc2c(Cc3ccco3)cnn12. The molecule has 16 heavy (non-hydrogen) atoms. The molecule has 0 fully saturated rings. The van der Waals surface area contributed by atoms with Crippen LogP contribution in [0.2, 0.25) is 0 Å². The van der Waals surface area contributed by atoms with Gasteiger partial charge in [0.2, 0.25) is 0 Å². The minimum Gasteiger partial charge on any atom is -0.469 e. The molecule has 5 nitrogen and oxygen atoms in total. The van der Waals surface area contributed by atoms with E-state index in [1.165, 1.54) is 0 Å². The quantitative estimate of drug-likeness (QED) is 0.701. The van der Waals surface area contributed by atoms with Crippen molar-refractivity contribution in [1.29, 1.82) is 0 Å². The molecule has 3 heterocycles. The van der Waals surface area contributed by atoms with Crippen LogP contribution in [-0.4, -0.2) is 14.6 Å². The fourth-order valence-electron chi connectivity index (χ4n) is 1.68. The van der Waals surface area contributed by atoms with E-state index < -0.39 is 0 Å². The van der Waals surface area contributed by atoms with Gasteiger partial charge in [0.15, 0.2) is 5.65 Å². The molecule has 0 aliphatic heterocycles. The molecule has 0 radical (unpaired) electrons. The second-order valence-corrected chi connectivity index (χ2v) is 3.53. The molecule has 0 atom stereocenters. The van der Waals surface area contributed by atoms with Gasteiger partial charge in [0.1, 0.15) is 11.6 Å². The van der Waals surface area contributed by atoms with E-state index in [4.69, 9.17) is 10.2 Å². The van der Waals surface area contributed by atoms with Crippen LogP contribution >= 0.6 is 0 Å². The second kappa shape index (κ2) is 3.37. The summed E-state index contributed by atoms with van der Waals surface area (Å²) in [5.74, 6) is 1.47. The van der Waals surface area contributed by atoms with Crippen LogP contribution < -0.4 is 5.73 Å². The van der Waals surface area contributed by atoms with E-state index in [-0.39, 0.29) is 0 Å². The number of nitrogens with two attached hydrogens (primary N) is 1. The minimum atomic E-state index is 0.579. The van der Waals surface area contributed by atoms with Gasteiger partial charge in [0.25, 0.3) is 0 Å². The molecule has 3 aromatic heterocycles. The molecule has 0 aliphatic carbocycles. The average Bonchev–Trinajstić information content (AvgIpc) is 2.90. The minimum absolute atomic E-state index is 0.579. The Kier molecular flexibility index (Phi) is 1.89. The third-order valence-electron chi connectivity index (χ3n) is 2.45. The molecule has 0 spiro atoms. The maximum Gasteiger partial charge on any atom is 0.160 e. The zero-order valence-electron chi connectivity index (χ0n) is 8.50. The molecule has 0 saturated heterocycles. The Hall–Kier alpha value is -2.30. The fourth-order valence-corrected chi connectivity index (χ4v) is 1.68. The lowest BCUT2D eigenvalue weighted by Gasteiger charge is -1.98. The summed E-state index contributed by atoms with van der Waals surface area (Å²) < 4.78 is 6.91. The van der Waals surface area contributed by atoms with Crippen molar-refractivity contribution in [3.8, 4) is 0 Å². The van der Waals surface area contributed by atoms with Crippen LogP contribution in [0.15, 0.2) is 41.3 Å². The highest BCUT2D eigenvalue weighted by atomic mass is 16.3. The third-order valence-corrected chi connectivity index (χ3v) is 2.45. The van der Waals surface area contributed by atoms with E-state index in [1.807, 2.05) is 12.1 Å². The Bertz CT molecular complexity index is 612. The molecular formula is C11H10N4O. The lowest BCUT2D eigenvalue weighted by molar-refractivity contribution is 0.521. The van der Waals surface area contributed by atoms with Crippen LogP contribution in [0.5, 0.6) is 0 Å². The number of anilines is 1. The van der Waals surface area contributed by atoms with E-state index in [0.29, 0.717) is 12.2 Å². The number of fused-ring (bicyclic) bond motifs is 1. The van der Waals surface area contributed by atoms with Crippen molar-refractivity contribution in [3.05, 3.63) is 48.2 Å². The number of nitrogen functional groups attached to an aromatic ring is 1. The Morgan fingerprint density at radius 1 is 1.38 bits per heavy atom. The Balaban J connectivity index is 2.08. The van der Waals surface area contributed by atoms with Crippen molar-refractivity contribution in [1.82, 2.24) is 14.6 Å². The monoisotopic (exact) mass is 214 g/mol. The number of nitrogens with zero attached hydrogens (tertiary/aromatic N) is 3. The highest BCUT2D eigenvalue weighted by Gasteiger charge is 2.08. The molecule has 80 valence electrons. The summed E-state index contributed by atoms with van der Waals surface area (Å²) >= 11 is 0. The van der Waals surface area contributed by atoms with Gasteiger partial charge in [-0.3, -0.25) is 0 Å². The predicted octanol–water partition coefficient (Wildman–Crippen LogP) is 1.50. The van der Waals surface area contributed by atoms with Gasteiger partial charge in [-0.25, -0.2) is 4.98 Å². The first-order valence-corrected chi connectivity index (χ1v) is 4.94. The maximum atomic E-state index is 5.78. The van der Waals surface area contributed by atoms with Crippen LogP contribution in [0, 0.1) is 0 Å². The first kappa shape index (κ1) is 8.96. The van der Waals surface area contributed by atoms with E-state index in [1.54, 1.807) is 29.2 Å². The molecule has 5 heteroatoms. The van der Waals surface area contributed by atoms with Crippen molar-refractivity contribution in [2.45, 2.75) is 6.42 Å². The topological polar surface area (TPSA) is 69.3 Å². The lowest BCUT2D eigenvalue weighted by Crippen LogP contribution is -1.99. The summed E-state index contributed by atoms with van der Waals surface area (Å²) in [5, 5.41) is 4.19. The van der Waals surface area contributed by atoms with Gasteiger partial charge in [-0.1, -0.05) is 0 Å². The average molecular weight is 214 g/mol. The van der Waals surface area contributed by atoms with Gasteiger partial charge in [0.05, 0.1) is 12.5 Å². The van der Waals surface area contributed by atoms with Crippen LogP contribution in [0.1, 0.15) is 11.3 Å². The fraction of sp³-hybridized carbons (Fsp3) is 0.0909. The van der Waals surface area contributed by atoms with E-state index in [0.717, 1.165) is 17.0 Å². The molecular weight excluding hydrogens is 204 g/mol. The van der Waals surface area contributed by atoms with Gasteiger partial charge in [-0.2, -0.15) is 9.61 Å². The highest BCUT2D eigenvalue weighted by molar-refractivity contribution is 5.52. The Morgan fingerprint density at radius 3 is 3.12 bits per heavy atom. The molecule has 0 bridgehead atoms. The van der Waals surface area contributed by atoms with Gasteiger partial charge in [0, 0.05) is 18.2 Å². The molecule has 2 N–H and O–H groups in total. The number of furan rings is 1. The van der Waals surface area contributed by atoms with Crippen molar-refractivity contribution in [3.63, 3.8) is 0 Å². The van der Waals surface area contributed by atoms with Gasteiger partial charge < -0.3 is 10.2 Å². The molecule has 3 aromatic rings. The van der Waals surface area contributed by atoms with Crippen LogP contribution in [-0.2, 0) is 6.42 Å². The predicted molar refractivity (Wildman–Crippen MR) is 58.9 cm³/mol. The van der Waals surface area contributed by atoms with Gasteiger partial charge in [-0.05, 0) is 18.2 Å². The number of hydrogen-bond donors (Lipinski definition) is 1. The summed E-state index contributed by atoms with van der Waals surface area (Å²) in [6, 6.07) is 5.51. The van der Waals surface area contributed by atoms with Crippen molar-refractivity contribution in [2.75, 3.05) is 5.73 Å². The van der Waals surface area contributed by atoms with E-state index >= 15 is 0 Å². The number of aromatic nitrogens is 3. The molecule has 0 amide bonds. The summed E-state index contributed by atoms with van der Waals surface area (Å²) in [4.78, 5) is 4.26. The van der Waals surface area contributed by atoms with Gasteiger partial charge in [-0.15, -0.1) is 0 Å². The smallest absolute Gasteiger partial charge is 0.160 e. The normalized spacial score (nSPS) is 11.0. The zero-order valence-corrected chi connectivity index (χ0v) is 8.50. The molecule has 3 rings (SSSR count). The summed E-state index contributed by atoms with van der Waals surface area (Å²) in [6.45, 7) is 0. The Morgan fingerprint density at radius 2 is 2.31 bits per heavy atom. The highest BCUT2D eigenvalue weighted by Crippen LogP contribution is 2.15. The zero-order chi connectivity index (χ0) is 11.0. The third kappa shape index (κ3) is 1.33. The Labute approximate surface area is 91.5 Å². The maximum absolute atomic E-state index is 5.78. The molecule has 0 aromatic carbocycles. The number of rotatable bonds is 2. The van der Waals surface area contributed by atoms with Crippen LogP contribution in [0.4, 0.5) is 5.82 Å². The largest absolute Gasteiger partial charge is 0.469 e.